The summed E-state index contributed by atoms with van der Waals surface area (Å²) in [6.45, 7) is 5.04. The van der Waals surface area contributed by atoms with E-state index in [9.17, 15) is 15.1 Å². The quantitative estimate of drug-likeness (QED) is 0.660. The van der Waals surface area contributed by atoms with Gasteiger partial charge in [0.2, 0.25) is 0 Å². The number of nitrogens with zero attached hydrogens (tertiary/aromatic N) is 1. The average Bonchev–Trinajstić information content (AvgIpc) is 3.07. The minimum Gasteiger partial charge on any atom is -0.420 e. The number of rotatable bonds is 3. The van der Waals surface area contributed by atoms with Crippen molar-refractivity contribution < 1.29 is 24.5 Å². The minimum atomic E-state index is -1.70. The first-order valence-electron chi connectivity index (χ1n) is 7.61. The number of allylic oxidation sites excluding steroid dienone is 1. The molecule has 0 saturated heterocycles. The Morgan fingerprint density at radius 1 is 1.17 bits per heavy atom. The number of ether oxygens (including phenoxy) is 1. The number of amides is 1. The standard InChI is InChI=1S/C18H20NO4S/c1-12-15(14-10-7-11-24-14)16(20)19(22,17(21)23-12)18(2,3)13-8-5-4-6-9-13/h4-11,17,21-22H,1-3H3/q+1. The zero-order chi connectivity index (χ0) is 17.5. The van der Waals surface area contributed by atoms with Crippen LogP contribution >= 0.6 is 11.3 Å². The van der Waals surface area contributed by atoms with Gasteiger partial charge < -0.3 is 9.84 Å². The number of aliphatic hydroxyl groups is 1. The first-order valence-corrected chi connectivity index (χ1v) is 8.49. The fourth-order valence-corrected chi connectivity index (χ4v) is 3.80. The van der Waals surface area contributed by atoms with Crippen LogP contribution in [-0.4, -0.2) is 27.3 Å². The molecule has 2 heterocycles. The van der Waals surface area contributed by atoms with Gasteiger partial charge in [-0.25, -0.2) is 10.0 Å². The van der Waals surface area contributed by atoms with Crippen LogP contribution < -0.4 is 0 Å². The van der Waals surface area contributed by atoms with Gasteiger partial charge in [-0.05, 0) is 36.9 Å². The van der Waals surface area contributed by atoms with E-state index in [0.717, 1.165) is 0 Å². The van der Waals surface area contributed by atoms with E-state index in [1.165, 1.54) is 11.3 Å². The van der Waals surface area contributed by atoms with Crippen molar-refractivity contribution in [3.63, 3.8) is 0 Å². The SMILES string of the molecule is CC1=C(c2cccs2)C(=O)[N+](O)(C(C)(C)c2ccccc2)C(O)O1. The van der Waals surface area contributed by atoms with Crippen LogP contribution in [0, 0.1) is 0 Å². The summed E-state index contributed by atoms with van der Waals surface area (Å²) in [4.78, 5) is 13.9. The molecule has 1 amide bonds. The van der Waals surface area contributed by atoms with Crippen molar-refractivity contribution in [1.29, 1.82) is 0 Å². The van der Waals surface area contributed by atoms with Crippen molar-refractivity contribution in [2.75, 3.05) is 0 Å². The monoisotopic (exact) mass is 346 g/mol. The van der Waals surface area contributed by atoms with E-state index in [0.29, 0.717) is 21.8 Å². The number of hydroxylamine groups is 3. The normalized spacial score (nSPS) is 24.9. The summed E-state index contributed by atoms with van der Waals surface area (Å²) in [7, 11) is 0. The third-order valence-corrected chi connectivity index (χ3v) is 5.46. The molecule has 2 aromatic rings. The fraction of sp³-hybridized carbons (Fsp3) is 0.278. The number of carbonyl (C=O) groups excluding carboxylic acids is 1. The highest BCUT2D eigenvalue weighted by Gasteiger charge is 2.62. The third kappa shape index (κ3) is 2.31. The highest BCUT2D eigenvalue weighted by Crippen LogP contribution is 2.43. The molecule has 1 aliphatic heterocycles. The number of thiophene rings is 1. The maximum Gasteiger partial charge on any atom is 0.388 e. The molecule has 0 aliphatic carbocycles. The van der Waals surface area contributed by atoms with Crippen molar-refractivity contribution in [3.8, 4) is 0 Å². The number of benzene rings is 1. The van der Waals surface area contributed by atoms with E-state index >= 15 is 0 Å². The lowest BCUT2D eigenvalue weighted by Gasteiger charge is -2.45. The molecular formula is C18H20NO4S+. The molecule has 126 valence electrons. The molecule has 2 unspecified atom stereocenters. The van der Waals surface area contributed by atoms with Crippen LogP contribution in [0.1, 0.15) is 31.2 Å². The van der Waals surface area contributed by atoms with Gasteiger partial charge in [0.15, 0.2) is 5.54 Å². The van der Waals surface area contributed by atoms with Crippen LogP contribution in [0.15, 0.2) is 53.6 Å². The van der Waals surface area contributed by atoms with Crippen molar-refractivity contribution in [1.82, 2.24) is 0 Å². The Labute approximate surface area is 144 Å². The molecule has 1 aromatic carbocycles. The maximum absolute atomic E-state index is 13.2. The Kier molecular flexibility index (Phi) is 4.09. The first kappa shape index (κ1) is 16.9. The molecule has 0 bridgehead atoms. The third-order valence-electron chi connectivity index (χ3n) is 4.58. The van der Waals surface area contributed by atoms with Crippen LogP contribution in [0.2, 0.25) is 0 Å². The van der Waals surface area contributed by atoms with E-state index in [2.05, 4.69) is 0 Å². The number of hydrogen-bond acceptors (Lipinski definition) is 5. The molecule has 5 nitrogen and oxygen atoms in total. The van der Waals surface area contributed by atoms with Crippen molar-refractivity contribution >= 4 is 22.8 Å². The summed E-state index contributed by atoms with van der Waals surface area (Å²) in [6.07, 6.45) is -1.70. The maximum atomic E-state index is 13.2. The van der Waals surface area contributed by atoms with Gasteiger partial charge in [0, 0.05) is 10.4 Å². The number of hydrogen-bond donors (Lipinski definition) is 2. The van der Waals surface area contributed by atoms with Gasteiger partial charge in [-0.3, -0.25) is 0 Å². The van der Waals surface area contributed by atoms with Gasteiger partial charge in [-0.2, -0.15) is 0 Å². The van der Waals surface area contributed by atoms with Crippen LogP contribution in [-0.2, 0) is 15.1 Å². The zero-order valence-corrected chi connectivity index (χ0v) is 14.6. The molecule has 24 heavy (non-hydrogen) atoms. The molecule has 0 fully saturated rings. The van der Waals surface area contributed by atoms with E-state index < -0.39 is 22.5 Å². The summed E-state index contributed by atoms with van der Waals surface area (Å²) in [5, 5.41) is 23.5. The molecule has 0 saturated carbocycles. The molecule has 3 rings (SSSR count). The smallest absolute Gasteiger partial charge is 0.388 e. The summed E-state index contributed by atoms with van der Waals surface area (Å²) in [5.74, 6) is -0.274. The van der Waals surface area contributed by atoms with E-state index in [-0.39, 0.29) is 0 Å². The van der Waals surface area contributed by atoms with Crippen LogP contribution in [0.5, 0.6) is 0 Å². The topological polar surface area (TPSA) is 66.8 Å². The predicted molar refractivity (Wildman–Crippen MR) is 90.5 cm³/mol. The minimum absolute atomic E-state index is 0.293. The fourth-order valence-electron chi connectivity index (χ4n) is 2.99. The Balaban J connectivity index is 2.15. The second kappa shape index (κ2) is 5.82. The Bertz CT molecular complexity index is 783. The first-order chi connectivity index (χ1) is 11.3. The van der Waals surface area contributed by atoms with Crippen LogP contribution in [0.4, 0.5) is 0 Å². The van der Waals surface area contributed by atoms with Gasteiger partial charge in [0.05, 0.1) is 0 Å². The van der Waals surface area contributed by atoms with Gasteiger partial charge in [-0.1, -0.05) is 36.4 Å². The Morgan fingerprint density at radius 2 is 1.83 bits per heavy atom. The van der Waals surface area contributed by atoms with E-state index in [4.69, 9.17) is 4.74 Å². The van der Waals surface area contributed by atoms with E-state index in [1.807, 2.05) is 41.8 Å². The highest BCUT2D eigenvalue weighted by atomic mass is 32.1. The van der Waals surface area contributed by atoms with Crippen molar-refractivity contribution in [3.05, 3.63) is 64.0 Å². The highest BCUT2D eigenvalue weighted by molar-refractivity contribution is 7.11. The molecule has 1 aliphatic rings. The van der Waals surface area contributed by atoms with Crippen molar-refractivity contribution in [2.45, 2.75) is 32.7 Å². The average molecular weight is 346 g/mol. The predicted octanol–water partition coefficient (Wildman–Crippen LogP) is 3.45. The Morgan fingerprint density at radius 3 is 2.42 bits per heavy atom. The number of aliphatic hydroxyl groups excluding tert-OH is 1. The largest absolute Gasteiger partial charge is 0.420 e. The lowest BCUT2D eigenvalue weighted by molar-refractivity contribution is -1.13. The molecular weight excluding hydrogens is 326 g/mol. The second-order valence-corrected chi connectivity index (χ2v) is 7.22. The summed E-state index contributed by atoms with van der Waals surface area (Å²) in [6, 6.07) is 12.7. The number of carbonyl (C=O) groups is 1. The van der Waals surface area contributed by atoms with Gasteiger partial charge >= 0.3 is 12.3 Å². The number of quaternary nitrogens is 1. The van der Waals surface area contributed by atoms with Crippen molar-refractivity contribution in [2.24, 2.45) is 0 Å². The molecule has 2 N–H and O–H groups in total. The van der Waals surface area contributed by atoms with Gasteiger partial charge in [0.1, 0.15) is 11.3 Å². The van der Waals surface area contributed by atoms with Crippen LogP contribution in [0.25, 0.3) is 5.57 Å². The van der Waals surface area contributed by atoms with Crippen LogP contribution in [0.3, 0.4) is 0 Å². The zero-order valence-electron chi connectivity index (χ0n) is 13.8. The molecule has 1 aromatic heterocycles. The lowest BCUT2D eigenvalue weighted by atomic mass is 9.90. The van der Waals surface area contributed by atoms with Gasteiger partial charge in [-0.15, -0.1) is 11.3 Å². The molecule has 6 heteroatoms. The molecule has 0 radical (unpaired) electrons. The lowest BCUT2D eigenvalue weighted by Crippen LogP contribution is -2.68. The second-order valence-electron chi connectivity index (χ2n) is 6.27. The molecule has 0 spiro atoms. The Hall–Kier alpha value is -1.99. The molecule has 2 atom stereocenters. The summed E-state index contributed by atoms with van der Waals surface area (Å²) in [5.41, 5.74) is -0.101. The van der Waals surface area contributed by atoms with E-state index in [1.54, 1.807) is 26.8 Å². The van der Waals surface area contributed by atoms with Gasteiger partial charge in [0.25, 0.3) is 0 Å². The summed E-state index contributed by atoms with van der Waals surface area (Å²) < 4.78 is 4.20. The summed E-state index contributed by atoms with van der Waals surface area (Å²) >= 11 is 1.38.